The Labute approximate surface area is 172 Å². The van der Waals surface area contributed by atoms with Crippen LogP contribution in [0.4, 0.5) is 4.79 Å². The van der Waals surface area contributed by atoms with Crippen LogP contribution in [0.1, 0.15) is 29.2 Å². The van der Waals surface area contributed by atoms with E-state index in [4.69, 9.17) is 11.5 Å². The molecule has 0 saturated carbocycles. The minimum Gasteiger partial charge on any atom is -0.352 e. The summed E-state index contributed by atoms with van der Waals surface area (Å²) in [7, 11) is 0. The van der Waals surface area contributed by atoms with Crippen LogP contribution in [0.5, 0.6) is 0 Å². The van der Waals surface area contributed by atoms with E-state index in [-0.39, 0.29) is 24.7 Å². The first-order chi connectivity index (χ1) is 13.0. The number of carbonyl (C=O) groups excluding carboxylic acids is 2. The highest BCUT2D eigenvalue weighted by atomic mass is 35.5. The quantitative estimate of drug-likeness (QED) is 0.598. The Morgan fingerprint density at radius 3 is 2.39 bits per heavy atom. The van der Waals surface area contributed by atoms with Crippen molar-refractivity contribution in [2.75, 3.05) is 19.6 Å². The lowest BCUT2D eigenvalue weighted by Gasteiger charge is -2.25. The van der Waals surface area contributed by atoms with Crippen LogP contribution in [0, 0.1) is 6.92 Å². The number of carbonyl (C=O) groups is 2. The molecular weight excluding hydrogens is 376 g/mol. The SMILES string of the molecule is Cc1cccc(C(CC(=O)N(CCN)CCc2ccccc2)NC(N)=O)c1.Cl. The van der Waals surface area contributed by atoms with Crippen LogP contribution >= 0.6 is 12.4 Å². The number of hydrogen-bond acceptors (Lipinski definition) is 3. The summed E-state index contributed by atoms with van der Waals surface area (Å²) < 4.78 is 0. The standard InChI is InChI=1S/C21H28N4O2.ClH/c1-16-6-5-9-18(14-16)19(24-21(23)27)15-20(26)25(13-11-22)12-10-17-7-3-2-4-8-17;/h2-9,14,19H,10-13,15,22H2,1H3,(H3,23,24,27);1H. The van der Waals surface area contributed by atoms with Gasteiger partial charge in [-0.1, -0.05) is 60.2 Å². The zero-order valence-corrected chi connectivity index (χ0v) is 17.0. The van der Waals surface area contributed by atoms with Crippen LogP contribution in [0.2, 0.25) is 0 Å². The molecule has 0 spiro atoms. The fourth-order valence-electron chi connectivity index (χ4n) is 3.04. The number of hydrogen-bond donors (Lipinski definition) is 3. The Hall–Kier alpha value is -2.57. The van der Waals surface area contributed by atoms with E-state index in [1.54, 1.807) is 4.90 Å². The van der Waals surface area contributed by atoms with E-state index in [1.807, 2.05) is 61.5 Å². The molecule has 1 unspecified atom stereocenters. The van der Waals surface area contributed by atoms with Gasteiger partial charge in [-0.05, 0) is 24.5 Å². The van der Waals surface area contributed by atoms with Gasteiger partial charge in [-0.2, -0.15) is 0 Å². The van der Waals surface area contributed by atoms with E-state index in [1.165, 1.54) is 0 Å². The summed E-state index contributed by atoms with van der Waals surface area (Å²) in [6.45, 7) is 3.41. The zero-order chi connectivity index (χ0) is 19.6. The first kappa shape index (κ1) is 23.5. The summed E-state index contributed by atoms with van der Waals surface area (Å²) >= 11 is 0. The first-order valence-corrected chi connectivity index (χ1v) is 9.14. The summed E-state index contributed by atoms with van der Waals surface area (Å²) in [5.74, 6) is -0.0587. The number of nitrogens with one attached hydrogen (secondary N) is 1. The third-order valence-corrected chi connectivity index (χ3v) is 4.40. The van der Waals surface area contributed by atoms with E-state index in [9.17, 15) is 9.59 Å². The second-order valence-electron chi connectivity index (χ2n) is 6.58. The van der Waals surface area contributed by atoms with Gasteiger partial charge < -0.3 is 21.7 Å². The molecular formula is C21H29ClN4O2. The summed E-state index contributed by atoms with van der Waals surface area (Å²) in [6, 6.07) is 16.6. The van der Waals surface area contributed by atoms with Gasteiger partial charge in [-0.15, -0.1) is 12.4 Å². The summed E-state index contributed by atoms with van der Waals surface area (Å²) in [4.78, 5) is 26.1. The number of halogens is 1. The molecule has 28 heavy (non-hydrogen) atoms. The smallest absolute Gasteiger partial charge is 0.312 e. The number of primary amides is 1. The third-order valence-electron chi connectivity index (χ3n) is 4.40. The van der Waals surface area contributed by atoms with Crippen molar-refractivity contribution in [3.05, 3.63) is 71.3 Å². The van der Waals surface area contributed by atoms with Crippen molar-refractivity contribution in [3.63, 3.8) is 0 Å². The van der Waals surface area contributed by atoms with Crippen molar-refractivity contribution in [1.82, 2.24) is 10.2 Å². The number of nitrogens with two attached hydrogens (primary N) is 2. The molecule has 5 N–H and O–H groups in total. The van der Waals surface area contributed by atoms with Crippen LogP contribution < -0.4 is 16.8 Å². The number of amides is 3. The largest absolute Gasteiger partial charge is 0.352 e. The molecule has 0 bridgehead atoms. The van der Waals surface area contributed by atoms with Crippen LogP contribution in [0.3, 0.4) is 0 Å². The number of benzene rings is 2. The monoisotopic (exact) mass is 404 g/mol. The van der Waals surface area contributed by atoms with Crippen LogP contribution in [-0.2, 0) is 11.2 Å². The Morgan fingerprint density at radius 2 is 1.79 bits per heavy atom. The Kier molecular flexibility index (Phi) is 10.1. The van der Waals surface area contributed by atoms with Gasteiger partial charge in [0.05, 0.1) is 12.5 Å². The molecule has 3 amide bonds. The van der Waals surface area contributed by atoms with Gasteiger partial charge in [0.15, 0.2) is 0 Å². The van der Waals surface area contributed by atoms with Crippen molar-refractivity contribution in [2.45, 2.75) is 25.8 Å². The molecule has 2 aromatic carbocycles. The number of nitrogens with zero attached hydrogens (tertiary/aromatic N) is 1. The lowest BCUT2D eigenvalue weighted by atomic mass is 10.0. The third kappa shape index (κ3) is 7.58. The Morgan fingerprint density at radius 1 is 1.07 bits per heavy atom. The molecule has 7 heteroatoms. The first-order valence-electron chi connectivity index (χ1n) is 9.14. The normalized spacial score (nSPS) is 11.2. The lowest BCUT2D eigenvalue weighted by molar-refractivity contribution is -0.131. The average molecular weight is 405 g/mol. The highest BCUT2D eigenvalue weighted by Crippen LogP contribution is 2.19. The second-order valence-corrected chi connectivity index (χ2v) is 6.58. The second kappa shape index (κ2) is 12.0. The molecule has 0 saturated heterocycles. The maximum Gasteiger partial charge on any atom is 0.312 e. The predicted octanol–water partition coefficient (Wildman–Crippen LogP) is 2.55. The van der Waals surface area contributed by atoms with Crippen LogP contribution in [-0.4, -0.2) is 36.5 Å². The molecule has 0 heterocycles. The maximum atomic E-state index is 12.9. The molecule has 0 aliphatic heterocycles. The minimum absolute atomic E-state index is 0. The molecule has 6 nitrogen and oxygen atoms in total. The number of rotatable bonds is 9. The van der Waals surface area contributed by atoms with E-state index in [0.717, 1.165) is 23.1 Å². The lowest BCUT2D eigenvalue weighted by Crippen LogP contribution is -2.41. The topological polar surface area (TPSA) is 101 Å². The summed E-state index contributed by atoms with van der Waals surface area (Å²) in [5.41, 5.74) is 14.1. The molecule has 0 aliphatic carbocycles. The van der Waals surface area contributed by atoms with Crippen LogP contribution in [0.15, 0.2) is 54.6 Å². The van der Waals surface area contributed by atoms with Crippen molar-refractivity contribution < 1.29 is 9.59 Å². The molecule has 0 radical (unpaired) electrons. The van der Waals surface area contributed by atoms with Crippen molar-refractivity contribution >= 4 is 24.3 Å². The molecule has 0 fully saturated rings. The van der Waals surface area contributed by atoms with E-state index in [2.05, 4.69) is 5.32 Å². The van der Waals surface area contributed by atoms with Crippen molar-refractivity contribution in [3.8, 4) is 0 Å². The molecule has 0 aliphatic rings. The van der Waals surface area contributed by atoms with E-state index in [0.29, 0.717) is 19.6 Å². The van der Waals surface area contributed by atoms with Crippen LogP contribution in [0.25, 0.3) is 0 Å². The van der Waals surface area contributed by atoms with E-state index >= 15 is 0 Å². The number of urea groups is 1. The minimum atomic E-state index is -0.649. The van der Waals surface area contributed by atoms with Gasteiger partial charge in [-0.3, -0.25) is 4.79 Å². The average Bonchev–Trinajstić information content (AvgIpc) is 2.65. The van der Waals surface area contributed by atoms with Gasteiger partial charge in [0, 0.05) is 19.6 Å². The Balaban J connectivity index is 0.00000392. The zero-order valence-electron chi connectivity index (χ0n) is 16.1. The highest BCUT2D eigenvalue weighted by Gasteiger charge is 2.21. The van der Waals surface area contributed by atoms with Gasteiger partial charge in [0.2, 0.25) is 5.91 Å². The van der Waals surface area contributed by atoms with Gasteiger partial charge in [0.1, 0.15) is 0 Å². The molecule has 152 valence electrons. The van der Waals surface area contributed by atoms with Gasteiger partial charge >= 0.3 is 6.03 Å². The van der Waals surface area contributed by atoms with Crippen molar-refractivity contribution in [1.29, 1.82) is 0 Å². The van der Waals surface area contributed by atoms with Crippen molar-refractivity contribution in [2.24, 2.45) is 11.5 Å². The predicted molar refractivity (Wildman–Crippen MR) is 114 cm³/mol. The fraction of sp³-hybridized carbons (Fsp3) is 0.333. The molecule has 1 atom stereocenters. The number of aryl methyl sites for hydroxylation is 1. The summed E-state index contributed by atoms with van der Waals surface area (Å²) in [6.07, 6.45) is 0.895. The molecule has 2 rings (SSSR count). The highest BCUT2D eigenvalue weighted by molar-refractivity contribution is 5.85. The molecule has 0 aromatic heterocycles. The molecule has 2 aromatic rings. The van der Waals surface area contributed by atoms with E-state index < -0.39 is 12.1 Å². The van der Waals surface area contributed by atoms with Gasteiger partial charge in [0.25, 0.3) is 0 Å². The van der Waals surface area contributed by atoms with Gasteiger partial charge in [-0.25, -0.2) is 4.79 Å². The fourth-order valence-corrected chi connectivity index (χ4v) is 3.04. The Bertz CT molecular complexity index is 755. The summed E-state index contributed by atoms with van der Waals surface area (Å²) in [5, 5.41) is 2.69. The maximum absolute atomic E-state index is 12.9.